The fourth-order valence-corrected chi connectivity index (χ4v) is 10.4. The first kappa shape index (κ1) is 81.7. The summed E-state index contributed by atoms with van der Waals surface area (Å²) in [4.78, 5) is 37.4. The SMILES string of the molecule is CC/C=C\C/C=C\C/C=C\C/C=C\C/C=C\CCCCCCCCCCCCCCCCCCCCCCCCCCCC(=O)OC(COC(=O)CCCCCCCCCCC/C=C\CCCCCCCC)COC(OCC[N+](C)(C)C)C(=O)[O-]. The molecule has 2 atom stereocenters. The average Bonchev–Trinajstić information content (AvgIpc) is 3.49. The van der Waals surface area contributed by atoms with Gasteiger partial charge in [-0.1, -0.05) is 311 Å². The topological polar surface area (TPSA) is 111 Å². The van der Waals surface area contributed by atoms with Crippen LogP contribution in [0, 0.1) is 0 Å². The molecule has 0 saturated heterocycles. The van der Waals surface area contributed by atoms with E-state index in [-0.39, 0.29) is 32.2 Å². The van der Waals surface area contributed by atoms with Crippen LogP contribution < -0.4 is 5.11 Å². The first-order valence-electron chi connectivity index (χ1n) is 36.1. The number of esters is 2. The summed E-state index contributed by atoms with van der Waals surface area (Å²) >= 11 is 0. The molecule has 9 heteroatoms. The van der Waals surface area contributed by atoms with Gasteiger partial charge in [0, 0.05) is 12.8 Å². The van der Waals surface area contributed by atoms with Crippen LogP contribution in [0.15, 0.2) is 72.9 Å². The highest BCUT2D eigenvalue weighted by Gasteiger charge is 2.22. The van der Waals surface area contributed by atoms with Crippen LogP contribution >= 0.6 is 0 Å². The smallest absolute Gasteiger partial charge is 0.306 e. The van der Waals surface area contributed by atoms with E-state index < -0.39 is 24.3 Å². The Balaban J connectivity index is 3.96. The lowest BCUT2D eigenvalue weighted by Gasteiger charge is -2.26. The molecular formula is C76H137NO8. The summed E-state index contributed by atoms with van der Waals surface area (Å²) in [6.45, 7) is 4.67. The summed E-state index contributed by atoms with van der Waals surface area (Å²) in [7, 11) is 5.94. The van der Waals surface area contributed by atoms with Gasteiger partial charge in [-0.15, -0.1) is 0 Å². The Bertz CT molecular complexity index is 1620. The minimum atomic E-state index is -1.62. The maximum atomic E-state index is 12.9. The molecule has 9 nitrogen and oxygen atoms in total. The van der Waals surface area contributed by atoms with Gasteiger partial charge in [-0.25, -0.2) is 0 Å². The van der Waals surface area contributed by atoms with Crippen LogP contribution in [0.2, 0.25) is 0 Å². The molecule has 0 aliphatic rings. The molecule has 85 heavy (non-hydrogen) atoms. The maximum Gasteiger partial charge on any atom is 0.306 e. The summed E-state index contributed by atoms with van der Waals surface area (Å²) in [5.41, 5.74) is 0. The van der Waals surface area contributed by atoms with Crippen LogP contribution in [0.3, 0.4) is 0 Å². The second-order valence-electron chi connectivity index (χ2n) is 25.5. The maximum absolute atomic E-state index is 12.9. The molecule has 0 bridgehead atoms. The van der Waals surface area contributed by atoms with E-state index in [0.717, 1.165) is 64.2 Å². The van der Waals surface area contributed by atoms with Gasteiger partial charge in [0.2, 0.25) is 0 Å². The third kappa shape index (κ3) is 68.1. The molecule has 0 aromatic heterocycles. The molecule has 0 aliphatic heterocycles. The van der Waals surface area contributed by atoms with Crippen molar-refractivity contribution in [1.29, 1.82) is 0 Å². The zero-order valence-electron chi connectivity index (χ0n) is 56.5. The molecule has 0 saturated carbocycles. The van der Waals surface area contributed by atoms with Crippen molar-refractivity contribution in [2.75, 3.05) is 47.5 Å². The Morgan fingerprint density at radius 1 is 0.365 bits per heavy atom. The summed E-state index contributed by atoms with van der Waals surface area (Å²) in [6, 6.07) is 0. The van der Waals surface area contributed by atoms with Crippen molar-refractivity contribution in [1.82, 2.24) is 0 Å². The van der Waals surface area contributed by atoms with Crippen molar-refractivity contribution in [2.24, 2.45) is 0 Å². The van der Waals surface area contributed by atoms with E-state index in [4.69, 9.17) is 18.9 Å². The van der Waals surface area contributed by atoms with E-state index in [1.54, 1.807) is 0 Å². The normalized spacial score (nSPS) is 13.1. The average molecular weight is 1190 g/mol. The predicted octanol–water partition coefficient (Wildman–Crippen LogP) is 21.1. The quantitative estimate of drug-likeness (QED) is 0.0195. The van der Waals surface area contributed by atoms with Gasteiger partial charge in [-0.3, -0.25) is 9.59 Å². The minimum absolute atomic E-state index is 0.149. The van der Waals surface area contributed by atoms with Crippen molar-refractivity contribution in [2.45, 2.75) is 347 Å². The molecule has 0 aromatic rings. The van der Waals surface area contributed by atoms with Crippen molar-refractivity contribution in [3.8, 4) is 0 Å². The Kier molecular flexibility index (Phi) is 64.1. The number of allylic oxidation sites excluding steroid dienone is 12. The fraction of sp³-hybridized carbons (Fsp3) is 0.803. The predicted molar refractivity (Wildman–Crippen MR) is 361 cm³/mol. The number of hydrogen-bond acceptors (Lipinski definition) is 8. The number of carbonyl (C=O) groups excluding carboxylic acids is 3. The van der Waals surface area contributed by atoms with E-state index >= 15 is 0 Å². The Morgan fingerprint density at radius 2 is 0.671 bits per heavy atom. The van der Waals surface area contributed by atoms with Crippen molar-refractivity contribution in [3.63, 3.8) is 0 Å². The standard InChI is InChI=1S/C76H137NO8/c1-6-8-10-12-14-16-18-20-22-24-26-27-28-29-30-31-32-33-34-35-36-37-38-39-40-41-42-43-44-45-46-47-49-51-53-55-57-59-61-63-65-67-74(79)85-72(71-84-76(75(80)81)82-69-68-77(3,4)5)70-83-73(78)66-64-62-60-58-56-54-52-50-48-25-23-21-19-17-15-13-11-9-7-2/h8,10,14,16,20-23,26-27,29-30,72,76H,6-7,9,11-13,15,17-19,24-25,28,31-71H2,1-5H3/b10-8-,16-14-,22-20-,23-21-,27-26-,30-29-. The molecule has 0 N–H and O–H groups in total. The van der Waals surface area contributed by atoms with Gasteiger partial charge in [-0.2, -0.15) is 0 Å². The van der Waals surface area contributed by atoms with Gasteiger partial charge >= 0.3 is 11.9 Å². The number of aliphatic carboxylic acids is 1. The number of nitrogens with zero attached hydrogens (tertiary/aromatic N) is 1. The second kappa shape index (κ2) is 66.7. The largest absolute Gasteiger partial charge is 0.545 e. The monoisotopic (exact) mass is 1190 g/mol. The Hall–Kier alpha value is -3.27. The molecule has 494 valence electrons. The molecular weight excluding hydrogens is 1050 g/mol. The van der Waals surface area contributed by atoms with E-state index in [1.165, 1.54) is 238 Å². The number of carboxylic acids is 1. The molecule has 0 rings (SSSR count). The highest BCUT2D eigenvalue weighted by molar-refractivity contribution is 5.70. The highest BCUT2D eigenvalue weighted by atomic mass is 16.7. The van der Waals surface area contributed by atoms with Gasteiger partial charge in [0.1, 0.15) is 13.2 Å². The molecule has 0 fully saturated rings. The van der Waals surface area contributed by atoms with E-state index in [2.05, 4.69) is 86.8 Å². The van der Waals surface area contributed by atoms with Crippen LogP contribution in [0.25, 0.3) is 0 Å². The Morgan fingerprint density at radius 3 is 1.01 bits per heavy atom. The van der Waals surface area contributed by atoms with Crippen LogP contribution in [-0.2, 0) is 33.3 Å². The van der Waals surface area contributed by atoms with Crippen LogP contribution in [0.1, 0.15) is 335 Å². The Labute approximate surface area is 526 Å². The van der Waals surface area contributed by atoms with Crippen molar-refractivity contribution < 1.29 is 42.9 Å². The number of quaternary nitrogens is 1. The molecule has 0 spiro atoms. The van der Waals surface area contributed by atoms with E-state index in [0.29, 0.717) is 23.9 Å². The van der Waals surface area contributed by atoms with Crippen molar-refractivity contribution >= 4 is 17.9 Å². The summed E-state index contributed by atoms with van der Waals surface area (Å²) in [5.74, 6) is -2.26. The first-order chi connectivity index (χ1) is 41.6. The molecule has 0 amide bonds. The van der Waals surface area contributed by atoms with Gasteiger partial charge < -0.3 is 33.3 Å². The number of likely N-dealkylation sites (N-methyl/N-ethyl adjacent to an activating group) is 1. The number of unbranched alkanes of at least 4 members (excludes halogenated alkanes) is 40. The number of rotatable bonds is 67. The number of carboxylic acid groups (broad SMARTS) is 1. The number of hydrogen-bond donors (Lipinski definition) is 0. The summed E-state index contributed by atoms with van der Waals surface area (Å²) < 4.78 is 22.8. The van der Waals surface area contributed by atoms with E-state index in [9.17, 15) is 19.5 Å². The van der Waals surface area contributed by atoms with Gasteiger partial charge in [0.05, 0.1) is 40.3 Å². The van der Waals surface area contributed by atoms with Gasteiger partial charge in [0.25, 0.3) is 0 Å². The van der Waals surface area contributed by atoms with E-state index in [1.807, 2.05) is 21.1 Å². The molecule has 0 heterocycles. The highest BCUT2D eigenvalue weighted by Crippen LogP contribution is 2.18. The fourth-order valence-electron chi connectivity index (χ4n) is 10.4. The first-order valence-corrected chi connectivity index (χ1v) is 36.1. The molecule has 0 aliphatic carbocycles. The summed E-state index contributed by atoms with van der Waals surface area (Å²) in [6.07, 6.45) is 85.8. The van der Waals surface area contributed by atoms with Crippen LogP contribution in [0.4, 0.5) is 0 Å². The lowest BCUT2D eigenvalue weighted by Crippen LogP contribution is -2.44. The number of carbonyl (C=O) groups is 3. The minimum Gasteiger partial charge on any atom is -0.545 e. The van der Waals surface area contributed by atoms with Crippen LogP contribution in [-0.4, -0.2) is 82.3 Å². The lowest BCUT2D eigenvalue weighted by molar-refractivity contribution is -0.870. The third-order valence-electron chi connectivity index (χ3n) is 15.9. The van der Waals surface area contributed by atoms with Crippen LogP contribution in [0.5, 0.6) is 0 Å². The second-order valence-corrected chi connectivity index (χ2v) is 25.5. The number of ether oxygens (including phenoxy) is 4. The molecule has 0 aromatic carbocycles. The third-order valence-corrected chi connectivity index (χ3v) is 15.9. The molecule has 0 radical (unpaired) electrons. The summed E-state index contributed by atoms with van der Waals surface area (Å²) in [5, 5.41) is 11.8. The van der Waals surface area contributed by atoms with Crippen molar-refractivity contribution in [3.05, 3.63) is 72.9 Å². The van der Waals surface area contributed by atoms with Gasteiger partial charge in [0.15, 0.2) is 12.4 Å². The zero-order valence-corrected chi connectivity index (χ0v) is 56.5. The molecule has 2 unspecified atom stereocenters. The lowest BCUT2D eigenvalue weighted by atomic mass is 10.0. The zero-order chi connectivity index (χ0) is 61.9. The van der Waals surface area contributed by atoms with Gasteiger partial charge in [-0.05, 0) is 83.5 Å².